The van der Waals surface area contributed by atoms with Crippen molar-refractivity contribution < 1.29 is 20.1 Å². The highest BCUT2D eigenvalue weighted by atomic mass is 16.4. The van der Waals surface area contributed by atoms with E-state index < -0.39 is 11.7 Å². The van der Waals surface area contributed by atoms with Crippen molar-refractivity contribution in [2.75, 3.05) is 0 Å². The van der Waals surface area contributed by atoms with Crippen molar-refractivity contribution in [3.63, 3.8) is 0 Å². The van der Waals surface area contributed by atoms with Gasteiger partial charge < -0.3 is 15.3 Å². The molecule has 1 rings (SSSR count). The lowest BCUT2D eigenvalue weighted by Crippen LogP contribution is -1.98. The number of carbonyl (C=O) groups is 1. The van der Waals surface area contributed by atoms with Gasteiger partial charge in [-0.1, -0.05) is 11.6 Å². The van der Waals surface area contributed by atoms with Crippen LogP contribution in [0.5, 0.6) is 11.5 Å². The number of allylic oxidation sites excluding steroid dienone is 2. The molecule has 4 heteroatoms. The Kier molecular flexibility index (Phi) is 3.55. The summed E-state index contributed by atoms with van der Waals surface area (Å²) >= 11 is 0. The average molecular weight is 222 g/mol. The van der Waals surface area contributed by atoms with Gasteiger partial charge in [-0.05, 0) is 31.9 Å². The average Bonchev–Trinajstić information content (AvgIpc) is 2.15. The highest BCUT2D eigenvalue weighted by Crippen LogP contribution is 2.28. The Morgan fingerprint density at radius 2 is 1.88 bits per heavy atom. The van der Waals surface area contributed by atoms with E-state index in [1.807, 2.05) is 19.9 Å². The van der Waals surface area contributed by atoms with Gasteiger partial charge >= 0.3 is 5.97 Å². The van der Waals surface area contributed by atoms with Crippen molar-refractivity contribution in [1.29, 1.82) is 0 Å². The molecule has 0 amide bonds. The van der Waals surface area contributed by atoms with Crippen molar-refractivity contribution in [2.45, 2.75) is 20.3 Å². The summed E-state index contributed by atoms with van der Waals surface area (Å²) in [6, 6.07) is 2.34. The van der Waals surface area contributed by atoms with E-state index in [1.165, 1.54) is 6.07 Å². The fraction of sp³-hybridized carbons (Fsp3) is 0.250. The van der Waals surface area contributed by atoms with Gasteiger partial charge in [-0.15, -0.1) is 0 Å². The predicted molar refractivity (Wildman–Crippen MR) is 59.9 cm³/mol. The maximum atomic E-state index is 10.8. The van der Waals surface area contributed by atoms with Crippen LogP contribution in [0.15, 0.2) is 23.8 Å². The van der Waals surface area contributed by atoms with Gasteiger partial charge in [0.25, 0.3) is 0 Å². The van der Waals surface area contributed by atoms with E-state index >= 15 is 0 Å². The third-order valence-corrected chi connectivity index (χ3v) is 2.16. The lowest BCUT2D eigenvalue weighted by atomic mass is 10.0. The maximum Gasteiger partial charge on any atom is 0.339 e. The fourth-order valence-corrected chi connectivity index (χ4v) is 1.27. The summed E-state index contributed by atoms with van der Waals surface area (Å²) in [6.07, 6.45) is 2.31. The second-order valence-corrected chi connectivity index (χ2v) is 3.79. The highest BCUT2D eigenvalue weighted by Gasteiger charge is 2.13. The van der Waals surface area contributed by atoms with Crippen LogP contribution in [-0.4, -0.2) is 21.3 Å². The molecule has 0 radical (unpaired) electrons. The molecule has 0 fully saturated rings. The Hall–Kier alpha value is -1.97. The fourth-order valence-electron chi connectivity index (χ4n) is 1.27. The lowest BCUT2D eigenvalue weighted by molar-refractivity contribution is 0.0693. The molecule has 0 aromatic heterocycles. The zero-order chi connectivity index (χ0) is 12.3. The minimum Gasteiger partial charge on any atom is -0.508 e. The number of carboxylic acid groups (broad SMARTS) is 1. The summed E-state index contributed by atoms with van der Waals surface area (Å²) in [5.74, 6) is -1.73. The zero-order valence-electron chi connectivity index (χ0n) is 9.19. The SMILES string of the molecule is CC(C)=CCc1cc(C(=O)O)c(O)cc1O. The smallest absolute Gasteiger partial charge is 0.339 e. The Morgan fingerprint density at radius 1 is 1.25 bits per heavy atom. The van der Waals surface area contributed by atoms with Gasteiger partial charge in [0.15, 0.2) is 0 Å². The topological polar surface area (TPSA) is 77.8 Å². The molecule has 86 valence electrons. The summed E-state index contributed by atoms with van der Waals surface area (Å²) in [6.45, 7) is 3.82. The van der Waals surface area contributed by atoms with Crippen molar-refractivity contribution in [3.8, 4) is 11.5 Å². The Bertz CT molecular complexity index is 443. The van der Waals surface area contributed by atoms with Crippen LogP contribution in [0.25, 0.3) is 0 Å². The number of phenolic OH excluding ortho intramolecular Hbond substituents is 1. The summed E-state index contributed by atoms with van der Waals surface area (Å²) in [5, 5.41) is 27.6. The Labute approximate surface area is 93.5 Å². The first-order chi connectivity index (χ1) is 7.41. The van der Waals surface area contributed by atoms with E-state index in [0.717, 1.165) is 11.6 Å². The normalized spacial score (nSPS) is 9.88. The Balaban J connectivity index is 3.15. The van der Waals surface area contributed by atoms with Gasteiger partial charge in [0, 0.05) is 6.07 Å². The third-order valence-electron chi connectivity index (χ3n) is 2.16. The summed E-state index contributed by atoms with van der Waals surface area (Å²) in [7, 11) is 0. The van der Waals surface area contributed by atoms with E-state index in [9.17, 15) is 15.0 Å². The van der Waals surface area contributed by atoms with Gasteiger partial charge in [-0.25, -0.2) is 4.79 Å². The van der Waals surface area contributed by atoms with Crippen LogP contribution in [0.4, 0.5) is 0 Å². The minimum absolute atomic E-state index is 0.0972. The second-order valence-electron chi connectivity index (χ2n) is 3.79. The molecular formula is C12H14O4. The molecule has 16 heavy (non-hydrogen) atoms. The number of phenols is 2. The first-order valence-corrected chi connectivity index (χ1v) is 4.83. The number of carboxylic acids is 1. The number of hydrogen-bond acceptors (Lipinski definition) is 3. The quantitative estimate of drug-likeness (QED) is 0.686. The molecule has 0 saturated carbocycles. The molecule has 0 atom stereocenters. The number of benzene rings is 1. The van der Waals surface area contributed by atoms with Crippen LogP contribution >= 0.6 is 0 Å². The number of hydrogen-bond donors (Lipinski definition) is 3. The van der Waals surface area contributed by atoms with Crippen LogP contribution in [0.2, 0.25) is 0 Å². The van der Waals surface area contributed by atoms with Crippen molar-refractivity contribution in [3.05, 3.63) is 34.9 Å². The second kappa shape index (κ2) is 4.70. The predicted octanol–water partition coefficient (Wildman–Crippen LogP) is 2.30. The monoisotopic (exact) mass is 222 g/mol. The third kappa shape index (κ3) is 2.76. The largest absolute Gasteiger partial charge is 0.508 e. The molecule has 4 nitrogen and oxygen atoms in total. The molecule has 0 aliphatic heterocycles. The van der Waals surface area contributed by atoms with Crippen LogP contribution in [-0.2, 0) is 6.42 Å². The van der Waals surface area contributed by atoms with Gasteiger partial charge in [-0.2, -0.15) is 0 Å². The first kappa shape index (κ1) is 12.1. The molecule has 0 unspecified atom stereocenters. The van der Waals surface area contributed by atoms with Gasteiger partial charge in [0.2, 0.25) is 0 Å². The van der Waals surface area contributed by atoms with Gasteiger partial charge in [0.05, 0.1) is 0 Å². The number of aromatic hydroxyl groups is 2. The standard InChI is InChI=1S/C12H14O4/c1-7(2)3-4-8-5-9(12(15)16)11(14)6-10(8)13/h3,5-6,13-14H,4H2,1-2H3,(H,15,16). The van der Waals surface area contributed by atoms with Crippen LogP contribution in [0.3, 0.4) is 0 Å². The van der Waals surface area contributed by atoms with E-state index in [2.05, 4.69) is 0 Å². The zero-order valence-corrected chi connectivity index (χ0v) is 9.19. The summed E-state index contributed by atoms with van der Waals surface area (Å²) in [5.41, 5.74) is 1.36. The number of rotatable bonds is 3. The van der Waals surface area contributed by atoms with Gasteiger partial charge in [0.1, 0.15) is 17.1 Å². The molecule has 1 aromatic rings. The molecule has 3 N–H and O–H groups in total. The lowest BCUT2D eigenvalue weighted by Gasteiger charge is -2.06. The van der Waals surface area contributed by atoms with Gasteiger partial charge in [-0.3, -0.25) is 0 Å². The Morgan fingerprint density at radius 3 is 2.38 bits per heavy atom. The molecule has 1 aromatic carbocycles. The molecule has 0 saturated heterocycles. The minimum atomic E-state index is -1.21. The first-order valence-electron chi connectivity index (χ1n) is 4.83. The van der Waals surface area contributed by atoms with Crippen LogP contribution < -0.4 is 0 Å². The van der Waals surface area contributed by atoms with E-state index in [-0.39, 0.29) is 11.3 Å². The highest BCUT2D eigenvalue weighted by molar-refractivity contribution is 5.91. The molecule has 0 aliphatic rings. The van der Waals surface area contributed by atoms with Crippen LogP contribution in [0, 0.1) is 0 Å². The van der Waals surface area contributed by atoms with Crippen molar-refractivity contribution in [2.24, 2.45) is 0 Å². The van der Waals surface area contributed by atoms with Crippen molar-refractivity contribution >= 4 is 5.97 Å². The molecule has 0 aliphatic carbocycles. The molecule has 0 spiro atoms. The van der Waals surface area contributed by atoms with Crippen LogP contribution in [0.1, 0.15) is 29.8 Å². The molecule has 0 bridgehead atoms. The summed E-state index contributed by atoms with van der Waals surface area (Å²) < 4.78 is 0. The molecule has 0 heterocycles. The van der Waals surface area contributed by atoms with Crippen molar-refractivity contribution in [1.82, 2.24) is 0 Å². The van der Waals surface area contributed by atoms with E-state index in [4.69, 9.17) is 5.11 Å². The maximum absolute atomic E-state index is 10.8. The molecular weight excluding hydrogens is 208 g/mol. The summed E-state index contributed by atoms with van der Waals surface area (Å²) in [4.78, 5) is 10.8. The van der Waals surface area contributed by atoms with E-state index in [0.29, 0.717) is 12.0 Å². The number of aromatic carboxylic acids is 1. The van der Waals surface area contributed by atoms with E-state index in [1.54, 1.807) is 0 Å².